The number of allylic oxidation sites excluding steroid dienone is 1. The Hall–Kier alpha value is -2.61. The number of aliphatic imine (C=N–C) groups is 1. The van der Waals surface area contributed by atoms with E-state index >= 15 is 0 Å². The van der Waals surface area contributed by atoms with Crippen LogP contribution in [0.3, 0.4) is 0 Å². The van der Waals surface area contributed by atoms with Crippen molar-refractivity contribution in [3.05, 3.63) is 51.7 Å². The molecule has 1 amide bonds. The smallest absolute Gasteiger partial charge is 0.259 e. The monoisotopic (exact) mass is 490 g/mol. The van der Waals surface area contributed by atoms with Crippen LogP contribution in [0.2, 0.25) is 0 Å². The van der Waals surface area contributed by atoms with E-state index in [4.69, 9.17) is 15.7 Å². The number of hydrogen-bond acceptors (Lipinski definition) is 6. The minimum Gasteiger partial charge on any atom is -0.502 e. The van der Waals surface area contributed by atoms with Gasteiger partial charge in [-0.3, -0.25) is 9.78 Å². The zero-order valence-corrected chi connectivity index (χ0v) is 21.5. The van der Waals surface area contributed by atoms with Gasteiger partial charge in [0.25, 0.3) is 11.6 Å². The lowest BCUT2D eigenvalue weighted by Crippen LogP contribution is -2.44. The predicted molar refractivity (Wildman–Crippen MR) is 137 cm³/mol. The fraction of sp³-hybridized carbons (Fsp3) is 0.391. The molecule has 0 aliphatic heterocycles. The summed E-state index contributed by atoms with van der Waals surface area (Å²) in [4.78, 5) is 22.1. The Bertz CT molecular complexity index is 1040. The van der Waals surface area contributed by atoms with Crippen LogP contribution in [0, 0.1) is 12.3 Å². The SMILES string of the molecule is CCOPc1cc(C)ccc1N=C(N)/C(C(=O)NCCC(C)(C)C)=C(\O)C(=[NH2+])c1cncs1. The molecular weight excluding hydrogens is 457 g/mol. The van der Waals surface area contributed by atoms with Crippen molar-refractivity contribution in [1.82, 2.24) is 10.3 Å². The van der Waals surface area contributed by atoms with Crippen LogP contribution in [0.1, 0.15) is 44.6 Å². The highest BCUT2D eigenvalue weighted by Gasteiger charge is 2.27. The lowest BCUT2D eigenvalue weighted by molar-refractivity contribution is -0.118. The lowest BCUT2D eigenvalue weighted by Gasteiger charge is -2.18. The summed E-state index contributed by atoms with van der Waals surface area (Å²) in [5, 5.41) is 20.7. The van der Waals surface area contributed by atoms with Crippen molar-refractivity contribution in [2.24, 2.45) is 16.1 Å². The van der Waals surface area contributed by atoms with Crippen molar-refractivity contribution in [1.29, 1.82) is 0 Å². The van der Waals surface area contributed by atoms with Gasteiger partial charge in [-0.15, -0.1) is 11.3 Å². The summed E-state index contributed by atoms with van der Waals surface area (Å²) >= 11 is 1.24. The molecule has 0 aliphatic carbocycles. The summed E-state index contributed by atoms with van der Waals surface area (Å²) in [5.41, 5.74) is 9.35. The number of amidine groups is 1. The van der Waals surface area contributed by atoms with Gasteiger partial charge < -0.3 is 20.7 Å². The molecule has 0 saturated carbocycles. The van der Waals surface area contributed by atoms with Crippen molar-refractivity contribution in [3.63, 3.8) is 0 Å². The molecule has 0 aliphatic rings. The molecule has 1 heterocycles. The first-order chi connectivity index (χ1) is 15.5. The molecule has 1 unspecified atom stereocenters. The molecule has 0 bridgehead atoms. The molecule has 0 saturated heterocycles. The molecule has 2 aromatic rings. The number of aliphatic hydroxyl groups excluding tert-OH is 1. The normalized spacial score (nSPS) is 13.3. The number of nitrogens with zero attached hydrogens (tertiary/aromatic N) is 2. The molecule has 1 atom stereocenters. The fourth-order valence-electron chi connectivity index (χ4n) is 2.75. The zero-order valence-electron chi connectivity index (χ0n) is 19.7. The molecule has 2 rings (SSSR count). The Morgan fingerprint density at radius 3 is 2.73 bits per heavy atom. The van der Waals surface area contributed by atoms with Crippen LogP contribution in [-0.4, -0.2) is 40.7 Å². The third-order valence-corrected chi connectivity index (χ3v) is 6.41. The van der Waals surface area contributed by atoms with Crippen molar-refractivity contribution in [2.75, 3.05) is 13.2 Å². The highest BCUT2D eigenvalue weighted by Crippen LogP contribution is 2.23. The molecule has 33 heavy (non-hydrogen) atoms. The van der Waals surface area contributed by atoms with Crippen molar-refractivity contribution >= 4 is 48.6 Å². The van der Waals surface area contributed by atoms with E-state index in [9.17, 15) is 9.90 Å². The Labute approximate surface area is 200 Å². The quantitative estimate of drug-likeness (QED) is 0.133. The van der Waals surface area contributed by atoms with Crippen LogP contribution in [0.5, 0.6) is 0 Å². The van der Waals surface area contributed by atoms with E-state index in [1.54, 1.807) is 5.51 Å². The summed E-state index contributed by atoms with van der Waals surface area (Å²) in [6.45, 7) is 11.1. The summed E-state index contributed by atoms with van der Waals surface area (Å²) in [6, 6.07) is 5.67. The van der Waals surface area contributed by atoms with E-state index in [-0.39, 0.29) is 31.3 Å². The number of benzene rings is 1. The second kappa shape index (κ2) is 12.0. The first-order valence-electron chi connectivity index (χ1n) is 10.6. The van der Waals surface area contributed by atoms with Crippen molar-refractivity contribution < 1.29 is 19.8 Å². The number of amides is 1. The fourth-order valence-corrected chi connectivity index (χ4v) is 4.16. The summed E-state index contributed by atoms with van der Waals surface area (Å²) in [6.07, 6.45) is 2.26. The number of rotatable bonds is 10. The number of nitrogens with two attached hydrogens (primary N) is 2. The van der Waals surface area contributed by atoms with E-state index in [0.717, 1.165) is 17.3 Å². The maximum atomic E-state index is 13.1. The molecule has 10 heteroatoms. The number of nitrogens with one attached hydrogen (secondary N) is 1. The van der Waals surface area contributed by atoms with E-state index in [1.807, 2.05) is 32.0 Å². The van der Waals surface area contributed by atoms with Crippen LogP contribution < -0.4 is 21.8 Å². The molecule has 0 spiro atoms. The van der Waals surface area contributed by atoms with Gasteiger partial charge in [0.1, 0.15) is 16.3 Å². The van der Waals surface area contributed by atoms with E-state index in [0.29, 0.717) is 23.7 Å². The first kappa shape index (κ1) is 26.6. The van der Waals surface area contributed by atoms with Crippen molar-refractivity contribution in [3.8, 4) is 0 Å². The third kappa shape index (κ3) is 8.03. The Kier molecular flexibility index (Phi) is 9.70. The average molecular weight is 491 g/mol. The number of carbonyl (C=O) groups excluding carboxylic acids is 1. The van der Waals surface area contributed by atoms with Crippen LogP contribution >= 0.6 is 20.1 Å². The molecule has 8 nitrogen and oxygen atoms in total. The van der Waals surface area contributed by atoms with Crippen molar-refractivity contribution in [2.45, 2.75) is 41.0 Å². The van der Waals surface area contributed by atoms with Gasteiger partial charge in [0, 0.05) is 27.3 Å². The number of aryl methyl sites for hydroxylation is 1. The van der Waals surface area contributed by atoms with E-state index in [2.05, 4.69) is 36.1 Å². The number of hydrogen-bond donors (Lipinski definition) is 4. The highest BCUT2D eigenvalue weighted by molar-refractivity contribution is 7.42. The Morgan fingerprint density at radius 1 is 1.39 bits per heavy atom. The van der Waals surface area contributed by atoms with Gasteiger partial charge >= 0.3 is 0 Å². The maximum Gasteiger partial charge on any atom is 0.259 e. The zero-order chi connectivity index (χ0) is 24.6. The van der Waals surface area contributed by atoms with Crippen LogP contribution in [0.25, 0.3) is 0 Å². The summed E-state index contributed by atoms with van der Waals surface area (Å²) in [5.74, 6) is -1.12. The third-order valence-electron chi connectivity index (χ3n) is 4.55. The van der Waals surface area contributed by atoms with Crippen LogP contribution in [0.4, 0.5) is 5.69 Å². The molecule has 1 aromatic carbocycles. The highest BCUT2D eigenvalue weighted by atomic mass is 32.1. The number of aromatic nitrogens is 1. The van der Waals surface area contributed by atoms with Gasteiger partial charge in [0.05, 0.1) is 17.4 Å². The standard InChI is InChI=1S/C23H32N5O3PS/c1-6-31-32-16-11-14(2)7-8-15(16)28-21(25)18(22(30)27-10-9-23(3,4)5)20(29)19(24)17-12-26-13-33-17/h7-8,11-13,24,29,32H,6,9-10H2,1-5H3,(H2,25,28)(H,27,30)/p+1/b20-18+,24-19?. The minimum absolute atomic E-state index is 0.0111. The second-order valence-corrected chi connectivity index (χ2v) is 10.5. The van der Waals surface area contributed by atoms with Crippen LogP contribution in [-0.2, 0) is 9.32 Å². The van der Waals surface area contributed by atoms with Crippen LogP contribution in [0.15, 0.2) is 46.2 Å². The Balaban J connectivity index is 2.47. The predicted octanol–water partition coefficient (Wildman–Crippen LogP) is 2.31. The Morgan fingerprint density at radius 2 is 2.12 bits per heavy atom. The molecule has 0 radical (unpaired) electrons. The summed E-state index contributed by atoms with van der Waals surface area (Å²) < 4.78 is 5.57. The maximum absolute atomic E-state index is 13.1. The van der Waals surface area contributed by atoms with E-state index in [1.165, 1.54) is 17.5 Å². The number of aliphatic hydroxyl groups is 1. The molecule has 1 aromatic heterocycles. The van der Waals surface area contributed by atoms with Gasteiger partial charge in [-0.2, -0.15) is 0 Å². The molecule has 6 N–H and O–H groups in total. The first-order valence-corrected chi connectivity index (χ1v) is 12.4. The summed E-state index contributed by atoms with van der Waals surface area (Å²) in [7, 11) is 0.0744. The molecular formula is C23H33N5O3PS+. The van der Waals surface area contributed by atoms with Gasteiger partial charge in [-0.05, 0) is 37.8 Å². The number of thiazole rings is 1. The topological polar surface area (TPSA) is 135 Å². The average Bonchev–Trinajstić information content (AvgIpc) is 3.27. The second-order valence-electron chi connectivity index (χ2n) is 8.62. The lowest BCUT2D eigenvalue weighted by atomic mass is 9.92. The van der Waals surface area contributed by atoms with Gasteiger partial charge in [0.2, 0.25) is 5.76 Å². The molecule has 178 valence electrons. The van der Waals surface area contributed by atoms with Gasteiger partial charge in [-0.1, -0.05) is 32.4 Å². The van der Waals surface area contributed by atoms with Gasteiger partial charge in [0.15, 0.2) is 0 Å². The number of carbonyl (C=O) groups is 1. The largest absolute Gasteiger partial charge is 0.502 e. The van der Waals surface area contributed by atoms with E-state index < -0.39 is 11.7 Å². The van der Waals surface area contributed by atoms with Gasteiger partial charge in [-0.25, -0.2) is 10.4 Å². The minimum atomic E-state index is -0.550. The molecule has 0 fully saturated rings.